The number of nitrogens with one attached hydrogen (secondary N) is 1. The van der Waals surface area contributed by atoms with E-state index < -0.39 is 0 Å². The predicted molar refractivity (Wildman–Crippen MR) is 48.3 cm³/mol. The van der Waals surface area contributed by atoms with Gasteiger partial charge < -0.3 is 0 Å². The van der Waals surface area contributed by atoms with Crippen molar-refractivity contribution in [3.05, 3.63) is 24.8 Å². The molecule has 0 atom stereocenters. The van der Waals surface area contributed by atoms with E-state index in [-0.39, 0.29) is 5.91 Å². The largest absolute Gasteiger partial charge is 0.273 e. The first kappa shape index (κ1) is 10.9. The molecule has 0 aliphatic heterocycles. The molecule has 0 saturated carbocycles. The average molecular weight is 169 g/mol. The van der Waals surface area contributed by atoms with E-state index in [2.05, 4.69) is 18.6 Å². The lowest BCUT2D eigenvalue weighted by molar-refractivity contribution is -0.129. The van der Waals surface area contributed by atoms with Crippen LogP contribution >= 0.6 is 0 Å². The number of hydrogen-bond acceptors (Lipinski definition) is 2. The van der Waals surface area contributed by atoms with Crippen LogP contribution in [0.15, 0.2) is 24.8 Å². The van der Waals surface area contributed by atoms with Gasteiger partial charge in [0.25, 0.3) is 5.91 Å². The Bertz CT molecular complexity index is 175. The molecule has 68 valence electrons. The highest BCUT2D eigenvalue weighted by Crippen LogP contribution is 1.90. The maximum Gasteiger partial charge on any atom is 0.269 e. The maximum atomic E-state index is 10.8. The van der Waals surface area contributed by atoms with Crippen molar-refractivity contribution in [2.45, 2.75) is 19.8 Å². The highest BCUT2D eigenvalue weighted by molar-refractivity contribution is 5.91. The minimum Gasteiger partial charge on any atom is -0.273 e. The van der Waals surface area contributed by atoms with E-state index in [1.54, 1.807) is 6.92 Å². The van der Waals surface area contributed by atoms with Crippen molar-refractivity contribution in [3.8, 4) is 0 Å². The van der Waals surface area contributed by atoms with Gasteiger partial charge in [-0.15, -0.1) is 6.58 Å². The number of carbonyl (C=O) groups excluding carboxylic acids is 1. The van der Waals surface area contributed by atoms with E-state index in [1.165, 1.54) is 0 Å². The Morgan fingerprint density at radius 1 is 1.67 bits per heavy atom. The van der Waals surface area contributed by atoms with Gasteiger partial charge in [0.05, 0.1) is 6.61 Å². The molecule has 0 unspecified atom stereocenters. The molecule has 3 nitrogen and oxygen atoms in total. The summed E-state index contributed by atoms with van der Waals surface area (Å²) in [6.07, 6.45) is 3.56. The van der Waals surface area contributed by atoms with Crippen molar-refractivity contribution in [1.82, 2.24) is 5.48 Å². The summed E-state index contributed by atoms with van der Waals surface area (Å²) in [7, 11) is 0. The molecule has 1 amide bonds. The van der Waals surface area contributed by atoms with Gasteiger partial charge in [0.15, 0.2) is 0 Å². The molecule has 0 aliphatic carbocycles. The Morgan fingerprint density at radius 2 is 2.33 bits per heavy atom. The van der Waals surface area contributed by atoms with E-state index >= 15 is 0 Å². The second-order valence-corrected chi connectivity index (χ2v) is 2.49. The predicted octanol–water partition coefficient (Wildman–Crippen LogP) is 1.58. The van der Waals surface area contributed by atoms with Crippen LogP contribution in [0, 0.1) is 0 Å². The molecular weight excluding hydrogens is 154 g/mol. The van der Waals surface area contributed by atoms with Crippen molar-refractivity contribution in [3.63, 3.8) is 0 Å². The number of rotatable bonds is 6. The maximum absolute atomic E-state index is 10.8. The van der Waals surface area contributed by atoms with E-state index in [1.807, 2.05) is 6.08 Å². The van der Waals surface area contributed by atoms with Gasteiger partial charge in [-0.05, 0) is 19.8 Å². The topological polar surface area (TPSA) is 38.3 Å². The van der Waals surface area contributed by atoms with Gasteiger partial charge in [0.2, 0.25) is 0 Å². The molecule has 0 spiro atoms. The smallest absolute Gasteiger partial charge is 0.269 e. The Balaban J connectivity index is 3.25. The zero-order chi connectivity index (χ0) is 9.40. The van der Waals surface area contributed by atoms with Crippen LogP contribution in [0.1, 0.15) is 19.8 Å². The third-order valence-corrected chi connectivity index (χ3v) is 1.21. The molecule has 0 aliphatic rings. The van der Waals surface area contributed by atoms with Crippen LogP contribution in [-0.2, 0) is 9.63 Å². The van der Waals surface area contributed by atoms with Crippen LogP contribution in [0.25, 0.3) is 0 Å². The quantitative estimate of drug-likeness (QED) is 0.284. The Labute approximate surface area is 73.1 Å². The van der Waals surface area contributed by atoms with Crippen LogP contribution < -0.4 is 5.48 Å². The van der Waals surface area contributed by atoms with Gasteiger partial charge in [0.1, 0.15) is 0 Å². The summed E-state index contributed by atoms with van der Waals surface area (Å²) in [5, 5.41) is 0. The zero-order valence-corrected chi connectivity index (χ0v) is 7.43. The van der Waals surface area contributed by atoms with Gasteiger partial charge in [-0.1, -0.05) is 12.7 Å². The summed E-state index contributed by atoms with van der Waals surface area (Å²) in [5.74, 6) is -0.270. The summed E-state index contributed by atoms with van der Waals surface area (Å²) in [6.45, 7) is 9.16. The number of amides is 1. The standard InChI is InChI=1S/C9H15NO2/c1-4-5-6-7-12-10-9(11)8(2)3/h4H,1-2,5-7H2,3H3,(H,10,11). The first-order valence-electron chi connectivity index (χ1n) is 3.87. The zero-order valence-electron chi connectivity index (χ0n) is 7.43. The van der Waals surface area contributed by atoms with E-state index in [4.69, 9.17) is 4.84 Å². The molecule has 12 heavy (non-hydrogen) atoms. The van der Waals surface area contributed by atoms with Crippen LogP contribution in [0.3, 0.4) is 0 Å². The van der Waals surface area contributed by atoms with E-state index in [0.717, 1.165) is 12.8 Å². The van der Waals surface area contributed by atoms with Crippen LogP contribution in [0.4, 0.5) is 0 Å². The Hall–Kier alpha value is -1.09. The van der Waals surface area contributed by atoms with Gasteiger partial charge >= 0.3 is 0 Å². The summed E-state index contributed by atoms with van der Waals surface area (Å²) < 4.78 is 0. The molecule has 0 heterocycles. The van der Waals surface area contributed by atoms with Gasteiger partial charge in [-0.2, -0.15) is 0 Å². The molecule has 1 N–H and O–H groups in total. The van der Waals surface area contributed by atoms with E-state index in [9.17, 15) is 4.79 Å². The van der Waals surface area contributed by atoms with Crippen molar-refractivity contribution in [1.29, 1.82) is 0 Å². The normalized spacial score (nSPS) is 9.08. The summed E-state index contributed by atoms with van der Waals surface area (Å²) in [6, 6.07) is 0. The Kier molecular flexibility index (Phi) is 6.01. The fourth-order valence-corrected chi connectivity index (χ4v) is 0.504. The first-order valence-corrected chi connectivity index (χ1v) is 3.87. The van der Waals surface area contributed by atoms with Crippen molar-refractivity contribution in [2.24, 2.45) is 0 Å². The van der Waals surface area contributed by atoms with Crippen molar-refractivity contribution >= 4 is 5.91 Å². The third-order valence-electron chi connectivity index (χ3n) is 1.21. The summed E-state index contributed by atoms with van der Waals surface area (Å²) in [5.41, 5.74) is 2.71. The van der Waals surface area contributed by atoms with Crippen LogP contribution in [0.5, 0.6) is 0 Å². The number of unbranched alkanes of at least 4 members (excludes halogenated alkanes) is 1. The van der Waals surface area contributed by atoms with Gasteiger partial charge in [-0.25, -0.2) is 5.48 Å². The fraction of sp³-hybridized carbons (Fsp3) is 0.444. The third kappa shape index (κ3) is 5.68. The molecule has 0 bridgehead atoms. The lowest BCUT2D eigenvalue weighted by Crippen LogP contribution is -2.24. The monoisotopic (exact) mass is 169 g/mol. The van der Waals surface area contributed by atoms with Gasteiger partial charge in [0, 0.05) is 5.57 Å². The van der Waals surface area contributed by atoms with Crippen LogP contribution in [0.2, 0.25) is 0 Å². The fourth-order valence-electron chi connectivity index (χ4n) is 0.504. The molecule has 0 saturated heterocycles. The molecule has 0 radical (unpaired) electrons. The number of hydroxylamine groups is 1. The van der Waals surface area contributed by atoms with E-state index in [0.29, 0.717) is 12.2 Å². The minimum atomic E-state index is -0.270. The molecule has 0 rings (SSSR count). The lowest BCUT2D eigenvalue weighted by atomic mass is 10.3. The number of hydrogen-bond donors (Lipinski definition) is 1. The molecule has 3 heteroatoms. The highest BCUT2D eigenvalue weighted by Gasteiger charge is 1.98. The second-order valence-electron chi connectivity index (χ2n) is 2.49. The van der Waals surface area contributed by atoms with Crippen LogP contribution in [-0.4, -0.2) is 12.5 Å². The number of carbonyl (C=O) groups is 1. The lowest BCUT2D eigenvalue weighted by Gasteiger charge is -2.03. The second kappa shape index (κ2) is 6.61. The van der Waals surface area contributed by atoms with Crippen molar-refractivity contribution in [2.75, 3.05) is 6.61 Å². The molecule has 0 fully saturated rings. The first-order chi connectivity index (χ1) is 5.68. The van der Waals surface area contributed by atoms with Crippen molar-refractivity contribution < 1.29 is 9.63 Å². The highest BCUT2D eigenvalue weighted by atomic mass is 16.6. The SMILES string of the molecule is C=CCCCONC(=O)C(=C)C. The number of allylic oxidation sites excluding steroid dienone is 1. The molecule has 0 aromatic heterocycles. The Morgan fingerprint density at radius 3 is 2.83 bits per heavy atom. The molecule has 0 aromatic rings. The average Bonchev–Trinajstić information content (AvgIpc) is 2.03. The minimum absolute atomic E-state index is 0.270. The summed E-state index contributed by atoms with van der Waals surface area (Å²) >= 11 is 0. The molecule has 0 aromatic carbocycles. The summed E-state index contributed by atoms with van der Waals surface area (Å²) in [4.78, 5) is 15.7. The molecular formula is C9H15NO2. The van der Waals surface area contributed by atoms with Gasteiger partial charge in [-0.3, -0.25) is 9.63 Å².